The summed E-state index contributed by atoms with van der Waals surface area (Å²) in [5.74, 6) is -0.0290. The summed E-state index contributed by atoms with van der Waals surface area (Å²) >= 11 is 0. The van der Waals surface area contributed by atoms with Gasteiger partial charge in [0.2, 0.25) is 0 Å². The third kappa shape index (κ3) is 4.29. The van der Waals surface area contributed by atoms with Crippen LogP contribution in [0.25, 0.3) is 0 Å². The summed E-state index contributed by atoms with van der Waals surface area (Å²) in [5, 5.41) is 3.47. The van der Waals surface area contributed by atoms with Crippen LogP contribution in [0.3, 0.4) is 0 Å². The molecule has 0 aliphatic carbocycles. The van der Waals surface area contributed by atoms with E-state index >= 15 is 0 Å². The molecule has 3 rings (SSSR count). The monoisotopic (exact) mass is 352 g/mol. The van der Waals surface area contributed by atoms with Crippen LogP contribution in [0, 0.1) is 13.8 Å². The normalized spacial score (nSPS) is 17.9. The highest BCUT2D eigenvalue weighted by molar-refractivity contribution is 6.06. The number of anilines is 1. The Bertz CT molecular complexity index is 772. The first-order valence-electron chi connectivity index (χ1n) is 9.21. The van der Waals surface area contributed by atoms with Gasteiger partial charge in [0.15, 0.2) is 0 Å². The smallest absolute Gasteiger partial charge is 0.259 e. The number of aryl methyl sites for hydroxylation is 2. The lowest BCUT2D eigenvalue weighted by molar-refractivity contribution is 0.0992. The van der Waals surface area contributed by atoms with Crippen molar-refractivity contribution in [1.29, 1.82) is 0 Å². The van der Waals surface area contributed by atoms with Crippen LogP contribution < -0.4 is 10.2 Å². The molecule has 1 N–H and O–H groups in total. The number of carbonyl (C=O) groups excluding carboxylic acids is 1. The molecule has 1 aromatic heterocycles. The quantitative estimate of drug-likeness (QED) is 0.919. The zero-order chi connectivity index (χ0) is 18.7. The minimum absolute atomic E-state index is 0.0290. The molecule has 1 saturated heterocycles. The number of benzene rings is 1. The van der Waals surface area contributed by atoms with Crippen molar-refractivity contribution in [2.45, 2.75) is 33.4 Å². The average molecular weight is 352 g/mol. The summed E-state index contributed by atoms with van der Waals surface area (Å²) in [6.45, 7) is 10.2. The SMILES string of the molecule is Cc1ccc(C(=O)N(C)c2ccc(CN3CCNC(C)C3)cc2)c(C)n1. The maximum Gasteiger partial charge on any atom is 0.259 e. The molecule has 0 bridgehead atoms. The van der Waals surface area contributed by atoms with Crippen LogP contribution in [-0.2, 0) is 6.54 Å². The first kappa shape index (κ1) is 18.5. The Morgan fingerprint density at radius 1 is 1.23 bits per heavy atom. The topological polar surface area (TPSA) is 48.5 Å². The number of rotatable bonds is 4. The fraction of sp³-hybridized carbons (Fsp3) is 0.429. The molecule has 2 aromatic rings. The largest absolute Gasteiger partial charge is 0.312 e. The van der Waals surface area contributed by atoms with Crippen LogP contribution >= 0.6 is 0 Å². The lowest BCUT2D eigenvalue weighted by atomic mass is 10.1. The van der Waals surface area contributed by atoms with Gasteiger partial charge in [-0.1, -0.05) is 12.1 Å². The van der Waals surface area contributed by atoms with E-state index in [2.05, 4.69) is 34.3 Å². The summed E-state index contributed by atoms with van der Waals surface area (Å²) in [5.41, 5.74) is 4.51. The third-order valence-corrected chi connectivity index (χ3v) is 4.94. The Morgan fingerprint density at radius 2 is 1.96 bits per heavy atom. The molecule has 1 amide bonds. The van der Waals surface area contributed by atoms with E-state index < -0.39 is 0 Å². The van der Waals surface area contributed by atoms with E-state index in [0.717, 1.165) is 43.3 Å². The molecule has 0 radical (unpaired) electrons. The van der Waals surface area contributed by atoms with Gasteiger partial charge >= 0.3 is 0 Å². The predicted octanol–water partition coefficient (Wildman–Crippen LogP) is 2.77. The molecule has 2 heterocycles. The second kappa shape index (κ2) is 7.98. The lowest BCUT2D eigenvalue weighted by Gasteiger charge is -2.31. The summed E-state index contributed by atoms with van der Waals surface area (Å²) in [6.07, 6.45) is 0. The zero-order valence-corrected chi connectivity index (χ0v) is 16.1. The van der Waals surface area contributed by atoms with E-state index in [1.807, 2.05) is 45.2 Å². The Kier molecular flexibility index (Phi) is 5.69. The van der Waals surface area contributed by atoms with E-state index in [1.54, 1.807) is 4.90 Å². The summed E-state index contributed by atoms with van der Waals surface area (Å²) < 4.78 is 0. The first-order chi connectivity index (χ1) is 12.4. The van der Waals surface area contributed by atoms with Crippen molar-refractivity contribution < 1.29 is 4.79 Å². The minimum atomic E-state index is -0.0290. The van der Waals surface area contributed by atoms with Crippen LogP contribution in [0.2, 0.25) is 0 Å². The molecule has 0 spiro atoms. The third-order valence-electron chi connectivity index (χ3n) is 4.94. The van der Waals surface area contributed by atoms with Crippen LogP contribution in [0.5, 0.6) is 0 Å². The molecule has 1 aromatic carbocycles. The minimum Gasteiger partial charge on any atom is -0.312 e. The Labute approximate surface area is 156 Å². The molecule has 138 valence electrons. The fourth-order valence-corrected chi connectivity index (χ4v) is 3.45. The molecule has 1 aliphatic rings. The van der Waals surface area contributed by atoms with Gasteiger partial charge in [-0.2, -0.15) is 0 Å². The fourth-order valence-electron chi connectivity index (χ4n) is 3.45. The van der Waals surface area contributed by atoms with Crippen molar-refractivity contribution >= 4 is 11.6 Å². The van der Waals surface area contributed by atoms with Crippen molar-refractivity contribution in [3.63, 3.8) is 0 Å². The van der Waals surface area contributed by atoms with E-state index in [-0.39, 0.29) is 5.91 Å². The zero-order valence-electron chi connectivity index (χ0n) is 16.1. The molecule has 1 fully saturated rings. The Hall–Kier alpha value is -2.24. The van der Waals surface area contributed by atoms with Gasteiger partial charge in [-0.25, -0.2) is 0 Å². The lowest BCUT2D eigenvalue weighted by Crippen LogP contribution is -2.48. The number of amides is 1. The average Bonchev–Trinajstić information content (AvgIpc) is 2.61. The first-order valence-corrected chi connectivity index (χ1v) is 9.21. The molecule has 5 heteroatoms. The second-order valence-electron chi connectivity index (χ2n) is 7.21. The molecule has 1 unspecified atom stereocenters. The second-order valence-corrected chi connectivity index (χ2v) is 7.21. The highest BCUT2D eigenvalue weighted by atomic mass is 16.2. The number of pyridine rings is 1. The van der Waals surface area contributed by atoms with Crippen molar-refractivity contribution in [2.75, 3.05) is 31.6 Å². The summed E-state index contributed by atoms with van der Waals surface area (Å²) in [7, 11) is 1.81. The van der Waals surface area contributed by atoms with E-state index in [4.69, 9.17) is 0 Å². The van der Waals surface area contributed by atoms with Gasteiger partial charge in [0.1, 0.15) is 0 Å². The van der Waals surface area contributed by atoms with Gasteiger partial charge in [-0.15, -0.1) is 0 Å². The number of hydrogen-bond donors (Lipinski definition) is 1. The van der Waals surface area contributed by atoms with Gasteiger partial charge in [-0.3, -0.25) is 14.7 Å². The van der Waals surface area contributed by atoms with Gasteiger partial charge in [0, 0.05) is 50.6 Å². The number of hydrogen-bond acceptors (Lipinski definition) is 4. The standard InChI is InChI=1S/C21H28N4O/c1-15-5-10-20(17(3)23-15)21(26)24(4)19-8-6-18(7-9-19)14-25-12-11-22-16(2)13-25/h5-10,16,22H,11-14H2,1-4H3. The highest BCUT2D eigenvalue weighted by Crippen LogP contribution is 2.19. The highest BCUT2D eigenvalue weighted by Gasteiger charge is 2.18. The van der Waals surface area contributed by atoms with Crippen LogP contribution in [0.15, 0.2) is 36.4 Å². The van der Waals surface area contributed by atoms with Crippen LogP contribution in [0.1, 0.15) is 34.2 Å². The molecular weight excluding hydrogens is 324 g/mol. The summed E-state index contributed by atoms with van der Waals surface area (Å²) in [4.78, 5) is 21.3. The maximum absolute atomic E-state index is 12.8. The molecule has 5 nitrogen and oxygen atoms in total. The number of nitrogens with zero attached hydrogens (tertiary/aromatic N) is 3. The van der Waals surface area contributed by atoms with Crippen molar-refractivity contribution in [3.8, 4) is 0 Å². The van der Waals surface area contributed by atoms with Crippen molar-refractivity contribution in [2.24, 2.45) is 0 Å². The van der Waals surface area contributed by atoms with Gasteiger partial charge in [-0.05, 0) is 50.6 Å². The van der Waals surface area contributed by atoms with Gasteiger partial charge in [0.25, 0.3) is 5.91 Å². The molecule has 1 aliphatic heterocycles. The number of piperazine rings is 1. The Balaban J connectivity index is 1.68. The molecular formula is C21H28N4O. The van der Waals surface area contributed by atoms with Crippen LogP contribution in [-0.4, -0.2) is 48.5 Å². The van der Waals surface area contributed by atoms with E-state index in [0.29, 0.717) is 11.6 Å². The predicted molar refractivity (Wildman–Crippen MR) is 106 cm³/mol. The van der Waals surface area contributed by atoms with Crippen molar-refractivity contribution in [3.05, 3.63) is 58.9 Å². The van der Waals surface area contributed by atoms with Crippen LogP contribution in [0.4, 0.5) is 5.69 Å². The number of carbonyl (C=O) groups is 1. The van der Waals surface area contributed by atoms with E-state index in [9.17, 15) is 4.79 Å². The molecule has 0 saturated carbocycles. The molecule has 1 atom stereocenters. The van der Waals surface area contributed by atoms with Gasteiger partial charge < -0.3 is 10.2 Å². The number of nitrogens with one attached hydrogen (secondary N) is 1. The molecule has 26 heavy (non-hydrogen) atoms. The number of aromatic nitrogens is 1. The summed E-state index contributed by atoms with van der Waals surface area (Å²) in [6, 6.07) is 12.6. The van der Waals surface area contributed by atoms with Crippen molar-refractivity contribution in [1.82, 2.24) is 15.2 Å². The van der Waals surface area contributed by atoms with Gasteiger partial charge in [0.05, 0.1) is 11.3 Å². The Morgan fingerprint density at radius 3 is 2.62 bits per heavy atom. The van der Waals surface area contributed by atoms with E-state index in [1.165, 1.54) is 5.56 Å². The maximum atomic E-state index is 12.8.